The molecule has 2 N–H and O–H groups in total. The molecule has 0 aliphatic carbocycles. The predicted molar refractivity (Wildman–Crippen MR) is 167 cm³/mol. The van der Waals surface area contributed by atoms with Crippen LogP contribution in [0.25, 0.3) is 0 Å². The van der Waals surface area contributed by atoms with Gasteiger partial charge in [0.15, 0.2) is 0 Å². The summed E-state index contributed by atoms with van der Waals surface area (Å²) >= 11 is 0. The molecule has 1 aromatic heterocycles. The van der Waals surface area contributed by atoms with Crippen molar-refractivity contribution >= 4 is 0 Å². The number of nitrogens with one attached hydrogen (secondary N) is 1. The van der Waals surface area contributed by atoms with Crippen LogP contribution in [0, 0.1) is 0 Å². The van der Waals surface area contributed by atoms with Gasteiger partial charge in [-0.25, -0.2) is 0 Å². The Morgan fingerprint density at radius 2 is 1.47 bits per heavy atom. The minimum atomic E-state index is -0.0662. The maximum absolute atomic E-state index is 9.25. The quantitative estimate of drug-likeness (QED) is 0.158. The molecule has 4 aromatic rings. The number of pyridine rings is 1. The molecule has 7 heteroatoms. The maximum atomic E-state index is 9.25. The summed E-state index contributed by atoms with van der Waals surface area (Å²) in [6.07, 6.45) is 3.69. The molecule has 5 rings (SSSR count). The number of aliphatic hydroxyl groups is 1. The van der Waals surface area contributed by atoms with E-state index in [0.29, 0.717) is 51.3 Å². The molecule has 226 valence electrons. The molecule has 0 saturated carbocycles. The molecular formula is C36H42N2O5. The lowest BCUT2D eigenvalue weighted by molar-refractivity contribution is 0.0106. The first-order chi connectivity index (χ1) is 21.3. The van der Waals surface area contributed by atoms with Crippen LogP contribution in [0.2, 0.25) is 0 Å². The molecule has 0 spiro atoms. The smallest absolute Gasteiger partial charge is 0.119 e. The minimum Gasteiger partial charge on any atom is -0.494 e. The highest BCUT2D eigenvalue weighted by molar-refractivity contribution is 5.31. The van der Waals surface area contributed by atoms with Crippen LogP contribution in [0.3, 0.4) is 0 Å². The third-order valence-corrected chi connectivity index (χ3v) is 7.62. The number of aliphatic hydroxyl groups excluding tert-OH is 1. The lowest BCUT2D eigenvalue weighted by atomic mass is 9.87. The number of nitrogens with zero attached hydrogens (tertiary/aromatic N) is 1. The van der Waals surface area contributed by atoms with Crippen molar-refractivity contribution in [3.8, 4) is 5.75 Å². The fourth-order valence-electron chi connectivity index (χ4n) is 5.24. The minimum absolute atomic E-state index is 0.0662. The molecule has 1 aliphatic heterocycles. The maximum Gasteiger partial charge on any atom is 0.119 e. The van der Waals surface area contributed by atoms with Crippen LogP contribution in [-0.2, 0) is 47.2 Å². The second-order valence-corrected chi connectivity index (χ2v) is 10.9. The molecule has 0 amide bonds. The topological polar surface area (TPSA) is 82.1 Å². The van der Waals surface area contributed by atoms with Crippen LogP contribution < -0.4 is 10.1 Å². The highest BCUT2D eigenvalue weighted by Crippen LogP contribution is 2.30. The van der Waals surface area contributed by atoms with Gasteiger partial charge < -0.3 is 29.4 Å². The Morgan fingerprint density at radius 3 is 2.26 bits per heavy atom. The number of hydrogen-bond donors (Lipinski definition) is 2. The van der Waals surface area contributed by atoms with Gasteiger partial charge in [0, 0.05) is 25.1 Å². The number of piperidine rings is 1. The van der Waals surface area contributed by atoms with Gasteiger partial charge >= 0.3 is 0 Å². The van der Waals surface area contributed by atoms with Gasteiger partial charge in [-0.05, 0) is 65.0 Å². The first-order valence-electron chi connectivity index (χ1n) is 15.1. The predicted octanol–water partition coefficient (Wildman–Crippen LogP) is 5.94. The lowest BCUT2D eigenvalue weighted by Crippen LogP contribution is -2.40. The summed E-state index contributed by atoms with van der Waals surface area (Å²) in [7, 11) is 0. The van der Waals surface area contributed by atoms with Gasteiger partial charge in [0.05, 0.1) is 58.0 Å². The first-order valence-corrected chi connectivity index (χ1v) is 15.1. The summed E-state index contributed by atoms with van der Waals surface area (Å²) < 4.78 is 24.0. The molecule has 3 aromatic carbocycles. The summed E-state index contributed by atoms with van der Waals surface area (Å²) in [4.78, 5) is 4.10. The van der Waals surface area contributed by atoms with Crippen molar-refractivity contribution in [1.29, 1.82) is 0 Å². The van der Waals surface area contributed by atoms with Crippen molar-refractivity contribution in [2.24, 2.45) is 0 Å². The summed E-state index contributed by atoms with van der Waals surface area (Å²) in [6.45, 7) is 5.28. The fraction of sp³-hybridized carbons (Fsp3) is 0.361. The third-order valence-electron chi connectivity index (χ3n) is 7.62. The van der Waals surface area contributed by atoms with E-state index >= 15 is 0 Å². The van der Waals surface area contributed by atoms with E-state index in [4.69, 9.17) is 18.9 Å². The number of aromatic nitrogens is 1. The molecule has 43 heavy (non-hydrogen) atoms. The van der Waals surface area contributed by atoms with E-state index in [1.165, 1.54) is 11.1 Å². The van der Waals surface area contributed by atoms with Crippen molar-refractivity contribution < 1.29 is 24.1 Å². The van der Waals surface area contributed by atoms with Crippen LogP contribution in [0.5, 0.6) is 5.75 Å². The lowest BCUT2D eigenvalue weighted by Gasteiger charge is -2.32. The van der Waals surface area contributed by atoms with Crippen molar-refractivity contribution in [2.75, 3.05) is 26.3 Å². The SMILES string of the molecule is OCc1cc(COCc2ccc(COC3CNCCC3c3ccc(OCCCOCc4ccccc4)cc3)cc2)ccn1. The molecule has 2 atom stereocenters. The van der Waals surface area contributed by atoms with Crippen molar-refractivity contribution in [1.82, 2.24) is 10.3 Å². The second-order valence-electron chi connectivity index (χ2n) is 10.9. The van der Waals surface area contributed by atoms with Crippen LogP contribution in [-0.4, -0.2) is 42.5 Å². The standard InChI is InChI=1S/C36H42N2O5/c39-23-33-21-31(15-18-38-33)26-41-25-29-7-9-30(10-8-29)27-43-36-22-37-17-16-35(36)32-11-13-34(14-12-32)42-20-4-19-40-24-28-5-2-1-3-6-28/h1-3,5-15,18,21,35-37,39H,4,16-17,19-20,22-27H2. The monoisotopic (exact) mass is 582 g/mol. The summed E-state index contributed by atoms with van der Waals surface area (Å²) in [5.74, 6) is 1.23. The number of hydrogen-bond acceptors (Lipinski definition) is 7. The second kappa shape index (κ2) is 16.9. The molecule has 0 bridgehead atoms. The van der Waals surface area contributed by atoms with Gasteiger partial charge in [-0.15, -0.1) is 0 Å². The zero-order chi connectivity index (χ0) is 29.5. The molecule has 1 saturated heterocycles. The van der Waals surface area contributed by atoms with Crippen LogP contribution in [0.4, 0.5) is 0 Å². The van der Waals surface area contributed by atoms with Crippen molar-refractivity contribution in [3.63, 3.8) is 0 Å². The summed E-state index contributed by atoms with van der Waals surface area (Å²) in [6, 6.07) is 30.9. The number of benzene rings is 3. The van der Waals surface area contributed by atoms with E-state index in [1.54, 1.807) is 6.20 Å². The van der Waals surface area contributed by atoms with E-state index in [-0.39, 0.29) is 12.7 Å². The number of rotatable bonds is 16. The van der Waals surface area contributed by atoms with Gasteiger partial charge in [-0.3, -0.25) is 4.98 Å². The van der Waals surface area contributed by atoms with E-state index in [2.05, 4.69) is 71.0 Å². The average Bonchev–Trinajstić information content (AvgIpc) is 3.07. The normalized spacial score (nSPS) is 16.7. The Hall–Kier alpha value is -3.59. The van der Waals surface area contributed by atoms with Gasteiger partial charge in [0.1, 0.15) is 5.75 Å². The Bertz CT molecular complexity index is 1350. The number of ether oxygens (including phenoxy) is 4. The third kappa shape index (κ3) is 9.99. The first kappa shape index (κ1) is 30.9. The molecule has 1 fully saturated rings. The van der Waals surface area contributed by atoms with E-state index in [9.17, 15) is 5.11 Å². The summed E-state index contributed by atoms with van der Waals surface area (Å²) in [5.41, 5.74) is 6.39. The van der Waals surface area contributed by atoms with Crippen LogP contribution >= 0.6 is 0 Å². The van der Waals surface area contributed by atoms with E-state index in [1.807, 2.05) is 30.3 Å². The van der Waals surface area contributed by atoms with Crippen molar-refractivity contribution in [2.45, 2.75) is 57.9 Å². The highest BCUT2D eigenvalue weighted by Gasteiger charge is 2.27. The molecule has 1 aliphatic rings. The Balaban J connectivity index is 1.02. The molecule has 0 radical (unpaired) electrons. The Kier molecular flexibility index (Phi) is 12.1. The fourth-order valence-corrected chi connectivity index (χ4v) is 5.24. The van der Waals surface area contributed by atoms with Gasteiger partial charge in [0.2, 0.25) is 0 Å². The Morgan fingerprint density at radius 1 is 0.744 bits per heavy atom. The Labute approximate surface area is 254 Å². The van der Waals surface area contributed by atoms with E-state index in [0.717, 1.165) is 48.4 Å². The molecule has 7 nitrogen and oxygen atoms in total. The molecular weight excluding hydrogens is 540 g/mol. The molecule has 2 unspecified atom stereocenters. The van der Waals surface area contributed by atoms with E-state index < -0.39 is 0 Å². The zero-order valence-corrected chi connectivity index (χ0v) is 24.7. The van der Waals surface area contributed by atoms with Gasteiger partial charge in [0.25, 0.3) is 0 Å². The highest BCUT2D eigenvalue weighted by atomic mass is 16.5. The largest absolute Gasteiger partial charge is 0.494 e. The van der Waals surface area contributed by atoms with Crippen molar-refractivity contribution in [3.05, 3.63) is 131 Å². The van der Waals surface area contributed by atoms with Gasteiger partial charge in [-0.2, -0.15) is 0 Å². The zero-order valence-electron chi connectivity index (χ0n) is 24.7. The van der Waals surface area contributed by atoms with Gasteiger partial charge in [-0.1, -0.05) is 66.7 Å². The average molecular weight is 583 g/mol. The van der Waals surface area contributed by atoms with Crippen LogP contribution in [0.15, 0.2) is 97.2 Å². The molecule has 2 heterocycles. The summed E-state index contributed by atoms with van der Waals surface area (Å²) in [5, 5.41) is 12.7. The van der Waals surface area contributed by atoms with Crippen LogP contribution in [0.1, 0.15) is 52.3 Å².